The number of piperidine rings is 1. The van der Waals surface area contributed by atoms with Gasteiger partial charge in [0.15, 0.2) is 11.6 Å². The molecule has 1 aliphatic rings. The molecule has 1 N–H and O–H groups in total. The largest absolute Gasteiger partial charge is 0.396 e. The van der Waals surface area contributed by atoms with Gasteiger partial charge in [0.05, 0.1) is 0 Å². The molecule has 0 radical (unpaired) electrons. The Morgan fingerprint density at radius 3 is 3.20 bits per heavy atom. The van der Waals surface area contributed by atoms with Crippen LogP contribution in [0.1, 0.15) is 12.8 Å². The lowest BCUT2D eigenvalue weighted by Crippen LogP contribution is -2.37. The summed E-state index contributed by atoms with van der Waals surface area (Å²) in [5.41, 5.74) is 0. The molecular weight excluding hydrogens is 195 g/mol. The van der Waals surface area contributed by atoms with E-state index in [-0.39, 0.29) is 18.3 Å². The Hall–Kier alpha value is -1.16. The van der Waals surface area contributed by atoms with E-state index in [2.05, 4.69) is 4.98 Å². The van der Waals surface area contributed by atoms with Gasteiger partial charge in [-0.3, -0.25) is 0 Å². The second-order valence-electron chi connectivity index (χ2n) is 3.95. The van der Waals surface area contributed by atoms with Crippen LogP contribution in [0.2, 0.25) is 0 Å². The van der Waals surface area contributed by atoms with Crippen molar-refractivity contribution in [3.63, 3.8) is 0 Å². The summed E-state index contributed by atoms with van der Waals surface area (Å²) < 4.78 is 13.4. The molecule has 0 unspecified atom stereocenters. The number of hydrogen-bond acceptors (Lipinski definition) is 3. The molecule has 0 amide bonds. The monoisotopic (exact) mass is 210 g/mol. The van der Waals surface area contributed by atoms with E-state index in [9.17, 15) is 4.39 Å². The second-order valence-corrected chi connectivity index (χ2v) is 3.95. The predicted molar refractivity (Wildman–Crippen MR) is 56.2 cm³/mol. The fourth-order valence-corrected chi connectivity index (χ4v) is 2.02. The Balaban J connectivity index is 2.13. The summed E-state index contributed by atoms with van der Waals surface area (Å²) in [6, 6.07) is 3.01. The Morgan fingerprint density at radius 2 is 2.47 bits per heavy atom. The van der Waals surface area contributed by atoms with E-state index >= 15 is 0 Å². The summed E-state index contributed by atoms with van der Waals surface area (Å²) in [5.74, 6) is 0.381. The minimum absolute atomic E-state index is 0.172. The van der Waals surface area contributed by atoms with E-state index < -0.39 is 0 Å². The normalized spacial score (nSPS) is 21.7. The number of aliphatic hydroxyl groups excluding tert-OH is 1. The molecule has 0 aliphatic carbocycles. The van der Waals surface area contributed by atoms with Crippen molar-refractivity contribution in [2.24, 2.45) is 5.92 Å². The Labute approximate surface area is 88.6 Å². The highest BCUT2D eigenvalue weighted by atomic mass is 19.1. The Kier molecular flexibility index (Phi) is 3.16. The van der Waals surface area contributed by atoms with Gasteiger partial charge in [-0.15, -0.1) is 0 Å². The lowest BCUT2D eigenvalue weighted by molar-refractivity contribution is 0.208. The van der Waals surface area contributed by atoms with Gasteiger partial charge in [-0.2, -0.15) is 0 Å². The molecule has 0 spiro atoms. The average Bonchev–Trinajstić information content (AvgIpc) is 2.30. The molecule has 0 bridgehead atoms. The minimum atomic E-state index is -0.281. The van der Waals surface area contributed by atoms with Crippen LogP contribution in [0, 0.1) is 11.7 Å². The first-order chi connectivity index (χ1) is 7.31. The van der Waals surface area contributed by atoms with Gasteiger partial charge in [-0.1, -0.05) is 0 Å². The quantitative estimate of drug-likeness (QED) is 0.802. The van der Waals surface area contributed by atoms with Crippen LogP contribution in [-0.4, -0.2) is 29.8 Å². The molecule has 2 rings (SSSR count). The van der Waals surface area contributed by atoms with Crippen molar-refractivity contribution in [1.82, 2.24) is 4.98 Å². The number of rotatable bonds is 2. The summed E-state index contributed by atoms with van der Waals surface area (Å²) in [6.45, 7) is 1.69. The molecule has 1 saturated heterocycles. The topological polar surface area (TPSA) is 36.4 Å². The molecule has 1 aromatic heterocycles. The maximum absolute atomic E-state index is 13.4. The molecule has 1 atom stereocenters. The maximum Gasteiger partial charge on any atom is 0.165 e. The molecular formula is C11H15FN2O. The average molecular weight is 210 g/mol. The molecule has 0 aromatic carbocycles. The van der Waals surface area contributed by atoms with Gasteiger partial charge in [-0.05, 0) is 30.9 Å². The number of aromatic nitrogens is 1. The number of nitrogens with zero attached hydrogens (tertiary/aromatic N) is 2. The highest BCUT2D eigenvalue weighted by molar-refractivity contribution is 5.40. The third-order valence-electron chi connectivity index (χ3n) is 2.82. The van der Waals surface area contributed by atoms with E-state index in [0.717, 1.165) is 19.4 Å². The molecule has 1 aromatic rings. The summed E-state index contributed by atoms with van der Waals surface area (Å²) in [6.07, 6.45) is 3.60. The molecule has 0 saturated carbocycles. The number of hydrogen-bond donors (Lipinski definition) is 1. The zero-order valence-electron chi connectivity index (χ0n) is 8.56. The van der Waals surface area contributed by atoms with Gasteiger partial charge in [0.25, 0.3) is 0 Å². The predicted octanol–water partition coefficient (Wildman–Crippen LogP) is 1.43. The van der Waals surface area contributed by atoms with Gasteiger partial charge < -0.3 is 10.0 Å². The van der Waals surface area contributed by atoms with Gasteiger partial charge in [-0.25, -0.2) is 9.37 Å². The van der Waals surface area contributed by atoms with Crippen LogP contribution < -0.4 is 4.90 Å². The molecule has 3 nitrogen and oxygen atoms in total. The second kappa shape index (κ2) is 4.57. The van der Waals surface area contributed by atoms with Crippen LogP contribution in [0.25, 0.3) is 0 Å². The lowest BCUT2D eigenvalue weighted by Gasteiger charge is -2.32. The maximum atomic E-state index is 13.4. The number of halogens is 1. The van der Waals surface area contributed by atoms with Crippen LogP contribution in [0.15, 0.2) is 18.3 Å². The van der Waals surface area contributed by atoms with Crippen LogP contribution in [-0.2, 0) is 0 Å². The van der Waals surface area contributed by atoms with Crippen molar-refractivity contribution in [3.05, 3.63) is 24.1 Å². The lowest BCUT2D eigenvalue weighted by atomic mass is 9.99. The fourth-order valence-electron chi connectivity index (χ4n) is 2.02. The molecule has 1 aliphatic heterocycles. The van der Waals surface area contributed by atoms with Crippen LogP contribution in [0.3, 0.4) is 0 Å². The third-order valence-corrected chi connectivity index (χ3v) is 2.82. The van der Waals surface area contributed by atoms with Crippen molar-refractivity contribution < 1.29 is 9.50 Å². The molecule has 4 heteroatoms. The highest BCUT2D eigenvalue weighted by Gasteiger charge is 2.21. The number of aliphatic hydroxyl groups is 1. The van der Waals surface area contributed by atoms with Gasteiger partial charge >= 0.3 is 0 Å². The zero-order chi connectivity index (χ0) is 10.7. The third kappa shape index (κ3) is 2.26. The van der Waals surface area contributed by atoms with Crippen LogP contribution >= 0.6 is 0 Å². The van der Waals surface area contributed by atoms with E-state index in [1.54, 1.807) is 12.3 Å². The van der Waals surface area contributed by atoms with Crippen molar-refractivity contribution in [2.45, 2.75) is 12.8 Å². The van der Waals surface area contributed by atoms with Crippen molar-refractivity contribution >= 4 is 5.82 Å². The van der Waals surface area contributed by atoms with E-state index in [1.165, 1.54) is 6.07 Å². The number of anilines is 1. The molecule has 15 heavy (non-hydrogen) atoms. The van der Waals surface area contributed by atoms with E-state index in [0.29, 0.717) is 12.4 Å². The summed E-state index contributed by atoms with van der Waals surface area (Å²) in [4.78, 5) is 5.96. The summed E-state index contributed by atoms with van der Waals surface area (Å²) in [7, 11) is 0. The van der Waals surface area contributed by atoms with Gasteiger partial charge in [0.2, 0.25) is 0 Å². The zero-order valence-corrected chi connectivity index (χ0v) is 8.56. The first kappa shape index (κ1) is 10.4. The minimum Gasteiger partial charge on any atom is -0.396 e. The van der Waals surface area contributed by atoms with Crippen LogP contribution in [0.5, 0.6) is 0 Å². The first-order valence-electron chi connectivity index (χ1n) is 5.27. The fraction of sp³-hybridized carbons (Fsp3) is 0.545. The molecule has 82 valence electrons. The Morgan fingerprint density at radius 1 is 1.60 bits per heavy atom. The van der Waals surface area contributed by atoms with Crippen LogP contribution in [0.4, 0.5) is 10.2 Å². The van der Waals surface area contributed by atoms with E-state index in [1.807, 2.05) is 4.90 Å². The summed E-state index contributed by atoms with van der Waals surface area (Å²) in [5, 5.41) is 9.08. The van der Waals surface area contributed by atoms with Crippen molar-refractivity contribution in [1.29, 1.82) is 0 Å². The van der Waals surface area contributed by atoms with Gasteiger partial charge in [0, 0.05) is 25.9 Å². The van der Waals surface area contributed by atoms with E-state index in [4.69, 9.17) is 5.11 Å². The Bertz CT molecular complexity index is 332. The first-order valence-corrected chi connectivity index (χ1v) is 5.27. The standard InChI is InChI=1S/C11H15FN2O/c12-10-4-1-5-13-11(10)14-6-2-3-9(7-14)8-15/h1,4-5,9,15H,2-3,6-8H2/t9-/m1/s1. The van der Waals surface area contributed by atoms with Gasteiger partial charge in [0.1, 0.15) is 0 Å². The molecule has 1 fully saturated rings. The highest BCUT2D eigenvalue weighted by Crippen LogP contribution is 2.22. The summed E-state index contributed by atoms with van der Waals surface area (Å²) >= 11 is 0. The van der Waals surface area contributed by atoms with Crippen molar-refractivity contribution in [3.8, 4) is 0 Å². The van der Waals surface area contributed by atoms with Crippen molar-refractivity contribution in [2.75, 3.05) is 24.6 Å². The smallest absolute Gasteiger partial charge is 0.165 e. The molecule has 2 heterocycles. The number of pyridine rings is 1. The SMILES string of the molecule is OC[C@@H]1CCCN(c2ncccc2F)C1.